The zero-order chi connectivity index (χ0) is 26.4. The highest BCUT2D eigenvalue weighted by molar-refractivity contribution is 7.15. The van der Waals surface area contributed by atoms with Gasteiger partial charge in [0, 0.05) is 35.2 Å². The second kappa shape index (κ2) is 11.8. The molecular weight excluding hydrogens is 506 g/mol. The number of ether oxygens (including phenoxy) is 1. The van der Waals surface area contributed by atoms with Crippen LogP contribution in [-0.2, 0) is 6.61 Å². The lowest BCUT2D eigenvalue weighted by Gasteiger charge is -2.26. The monoisotopic (exact) mass is 537 g/mol. The highest BCUT2D eigenvalue weighted by atomic mass is 32.1. The molecule has 0 radical (unpaired) electrons. The molecule has 39 heavy (non-hydrogen) atoms. The fourth-order valence-electron chi connectivity index (χ4n) is 4.85. The first kappa shape index (κ1) is 25.3. The fourth-order valence-corrected chi connectivity index (χ4v) is 5.68. The molecule has 2 aromatic heterocycles. The van der Waals surface area contributed by atoms with Gasteiger partial charge in [0.15, 0.2) is 5.82 Å². The molecule has 1 saturated heterocycles. The van der Waals surface area contributed by atoms with Gasteiger partial charge >= 0.3 is 0 Å². The summed E-state index contributed by atoms with van der Waals surface area (Å²) in [5.41, 5.74) is 4.67. The number of nitrogens with one attached hydrogen (secondary N) is 1. The van der Waals surface area contributed by atoms with Crippen LogP contribution in [0.25, 0.3) is 27.6 Å². The second-order valence-electron chi connectivity index (χ2n) is 9.78. The van der Waals surface area contributed by atoms with Gasteiger partial charge in [-0.3, -0.25) is 4.79 Å². The van der Waals surface area contributed by atoms with Crippen molar-refractivity contribution in [3.05, 3.63) is 95.4 Å². The summed E-state index contributed by atoms with van der Waals surface area (Å²) in [7, 11) is 0. The van der Waals surface area contributed by atoms with Crippen LogP contribution in [0.5, 0.6) is 5.75 Å². The number of nitrogens with zero attached hydrogens (tertiary/aromatic N) is 4. The van der Waals surface area contributed by atoms with E-state index < -0.39 is 0 Å². The fraction of sp³-hybridized carbons (Fsp3) is 0.258. The lowest BCUT2D eigenvalue weighted by atomic mass is 10.1. The Morgan fingerprint density at radius 3 is 2.41 bits per heavy atom. The van der Waals surface area contributed by atoms with Crippen LogP contribution >= 0.6 is 11.3 Å². The zero-order valence-corrected chi connectivity index (χ0v) is 22.6. The third-order valence-electron chi connectivity index (χ3n) is 7.05. The van der Waals surface area contributed by atoms with E-state index in [0.29, 0.717) is 24.5 Å². The zero-order valence-electron chi connectivity index (χ0n) is 21.8. The molecule has 198 valence electrons. The third-order valence-corrected chi connectivity index (χ3v) is 7.86. The van der Waals surface area contributed by atoms with Crippen molar-refractivity contribution in [2.75, 3.05) is 26.2 Å². The highest BCUT2D eigenvalue weighted by Gasteiger charge is 2.15. The Morgan fingerprint density at radius 1 is 0.897 bits per heavy atom. The number of fused-ring (bicyclic) bond motifs is 1. The summed E-state index contributed by atoms with van der Waals surface area (Å²) in [5, 5.41) is 9.88. The Balaban J connectivity index is 1.09. The van der Waals surface area contributed by atoms with E-state index in [1.165, 1.54) is 19.3 Å². The van der Waals surface area contributed by atoms with Crippen molar-refractivity contribution in [1.29, 1.82) is 0 Å². The minimum Gasteiger partial charge on any atom is -0.489 e. The highest BCUT2D eigenvalue weighted by Crippen LogP contribution is 2.28. The standard InChI is InChI=1S/C31H31N5O2S/c37-30(32-17-20-35-18-5-2-6-19-35)26-11-9-24(10-12-26)28-22-39-31-33-29(34-36(28)31)25-13-15-27(16-14-25)38-21-23-7-3-1-4-8-23/h1,3-4,7-16,22H,2,5-6,17-21H2,(H,32,37). The quantitative estimate of drug-likeness (QED) is 0.253. The molecular formula is C31H31N5O2S. The Kier molecular flexibility index (Phi) is 7.65. The summed E-state index contributed by atoms with van der Waals surface area (Å²) < 4.78 is 7.77. The van der Waals surface area contributed by atoms with E-state index in [0.717, 1.165) is 52.7 Å². The Labute approximate surface area is 232 Å². The van der Waals surface area contributed by atoms with Gasteiger partial charge in [0.25, 0.3) is 5.91 Å². The van der Waals surface area contributed by atoms with E-state index in [2.05, 4.69) is 10.2 Å². The molecule has 0 unspecified atom stereocenters. The molecule has 1 amide bonds. The second-order valence-corrected chi connectivity index (χ2v) is 10.6. The number of likely N-dealkylation sites (tertiary alicyclic amines) is 1. The number of carbonyl (C=O) groups excluding carboxylic acids is 1. The minimum atomic E-state index is -0.0340. The Hall–Kier alpha value is -4.01. The van der Waals surface area contributed by atoms with Gasteiger partial charge < -0.3 is 15.0 Å². The van der Waals surface area contributed by atoms with Crippen LogP contribution in [0.2, 0.25) is 0 Å². The molecule has 0 saturated carbocycles. The molecule has 5 aromatic rings. The summed E-state index contributed by atoms with van der Waals surface area (Å²) in [6.45, 7) is 4.39. The molecule has 1 fully saturated rings. The number of thiazole rings is 1. The largest absolute Gasteiger partial charge is 0.489 e. The van der Waals surface area contributed by atoms with E-state index in [4.69, 9.17) is 14.8 Å². The van der Waals surface area contributed by atoms with Gasteiger partial charge in [-0.2, -0.15) is 4.98 Å². The van der Waals surface area contributed by atoms with Crippen LogP contribution < -0.4 is 10.1 Å². The van der Waals surface area contributed by atoms with Crippen molar-refractivity contribution < 1.29 is 9.53 Å². The van der Waals surface area contributed by atoms with Crippen LogP contribution in [0.15, 0.2) is 84.2 Å². The van der Waals surface area contributed by atoms with E-state index in [1.807, 2.05) is 88.8 Å². The first-order chi connectivity index (χ1) is 19.2. The van der Waals surface area contributed by atoms with E-state index in [-0.39, 0.29) is 5.91 Å². The van der Waals surface area contributed by atoms with Gasteiger partial charge in [0.1, 0.15) is 12.4 Å². The molecule has 3 aromatic carbocycles. The molecule has 3 heterocycles. The smallest absolute Gasteiger partial charge is 0.251 e. The number of amides is 1. The van der Waals surface area contributed by atoms with E-state index in [1.54, 1.807) is 11.3 Å². The van der Waals surface area contributed by atoms with Crippen molar-refractivity contribution in [2.24, 2.45) is 0 Å². The third kappa shape index (κ3) is 6.02. The molecule has 8 heteroatoms. The van der Waals surface area contributed by atoms with Gasteiger partial charge in [-0.1, -0.05) is 48.9 Å². The van der Waals surface area contributed by atoms with Gasteiger partial charge in [0.2, 0.25) is 4.96 Å². The molecule has 0 bridgehead atoms. The van der Waals surface area contributed by atoms with Gasteiger partial charge in [0.05, 0.1) is 5.69 Å². The van der Waals surface area contributed by atoms with Gasteiger partial charge in [-0.05, 0) is 67.9 Å². The number of hydrogen-bond acceptors (Lipinski definition) is 6. The van der Waals surface area contributed by atoms with Crippen molar-refractivity contribution in [2.45, 2.75) is 25.9 Å². The summed E-state index contributed by atoms with van der Waals surface area (Å²) in [6.07, 6.45) is 3.84. The maximum Gasteiger partial charge on any atom is 0.251 e. The first-order valence-electron chi connectivity index (χ1n) is 13.5. The average molecular weight is 538 g/mol. The number of hydrogen-bond donors (Lipinski definition) is 1. The normalized spacial score (nSPS) is 13.9. The molecule has 6 rings (SSSR count). The van der Waals surface area contributed by atoms with Crippen molar-refractivity contribution >= 4 is 22.2 Å². The van der Waals surface area contributed by atoms with E-state index in [9.17, 15) is 4.79 Å². The van der Waals surface area contributed by atoms with Crippen LogP contribution in [-0.4, -0.2) is 51.6 Å². The van der Waals surface area contributed by atoms with Gasteiger partial charge in [-0.15, -0.1) is 16.4 Å². The molecule has 0 spiro atoms. The van der Waals surface area contributed by atoms with Crippen LogP contribution in [0.3, 0.4) is 0 Å². The predicted molar refractivity (Wildman–Crippen MR) is 155 cm³/mol. The molecule has 0 atom stereocenters. The van der Waals surface area contributed by atoms with Crippen molar-refractivity contribution in [3.63, 3.8) is 0 Å². The molecule has 1 aliphatic rings. The van der Waals surface area contributed by atoms with Crippen LogP contribution in [0.4, 0.5) is 0 Å². The van der Waals surface area contributed by atoms with Crippen LogP contribution in [0, 0.1) is 0 Å². The maximum atomic E-state index is 12.6. The number of benzene rings is 3. The minimum absolute atomic E-state index is 0.0340. The Morgan fingerprint density at radius 2 is 1.64 bits per heavy atom. The first-order valence-corrected chi connectivity index (χ1v) is 14.3. The topological polar surface area (TPSA) is 71.8 Å². The Bertz CT molecular complexity index is 1520. The number of carbonyl (C=O) groups is 1. The summed E-state index contributed by atoms with van der Waals surface area (Å²) >= 11 is 1.55. The van der Waals surface area contributed by atoms with Crippen molar-refractivity contribution in [1.82, 2.24) is 24.8 Å². The number of aromatic nitrogens is 3. The summed E-state index contributed by atoms with van der Waals surface area (Å²) in [4.78, 5) is 20.6. The van der Waals surface area contributed by atoms with E-state index >= 15 is 0 Å². The number of piperidine rings is 1. The van der Waals surface area contributed by atoms with Crippen LogP contribution in [0.1, 0.15) is 35.2 Å². The summed E-state index contributed by atoms with van der Waals surface area (Å²) in [6, 6.07) is 25.7. The SMILES string of the molecule is O=C(NCCN1CCCCC1)c1ccc(-c2csc3nc(-c4ccc(OCc5ccccc5)cc4)nn23)cc1. The van der Waals surface area contributed by atoms with Crippen molar-refractivity contribution in [3.8, 4) is 28.4 Å². The lowest BCUT2D eigenvalue weighted by Crippen LogP contribution is -2.37. The number of rotatable bonds is 9. The molecule has 7 nitrogen and oxygen atoms in total. The van der Waals surface area contributed by atoms with Gasteiger partial charge in [-0.25, -0.2) is 4.52 Å². The average Bonchev–Trinajstić information content (AvgIpc) is 3.59. The maximum absolute atomic E-state index is 12.6. The lowest BCUT2D eigenvalue weighted by molar-refractivity contribution is 0.0946. The predicted octanol–water partition coefficient (Wildman–Crippen LogP) is 5.92. The molecule has 1 aliphatic heterocycles. The molecule has 1 N–H and O–H groups in total. The molecule has 0 aliphatic carbocycles. The summed E-state index contributed by atoms with van der Waals surface area (Å²) in [5.74, 6) is 1.44.